The van der Waals surface area contributed by atoms with Crippen LogP contribution in [0.5, 0.6) is 5.75 Å². The van der Waals surface area contributed by atoms with Gasteiger partial charge in [0.1, 0.15) is 5.69 Å². The summed E-state index contributed by atoms with van der Waals surface area (Å²) < 4.78 is 5.07. The van der Waals surface area contributed by atoms with Gasteiger partial charge in [-0.2, -0.15) is 0 Å². The predicted molar refractivity (Wildman–Crippen MR) is 54.4 cm³/mol. The van der Waals surface area contributed by atoms with Crippen LogP contribution in [0.3, 0.4) is 0 Å². The number of nitrogens with two attached hydrogens (primary N) is 1. The molecule has 1 rings (SSSR count). The summed E-state index contributed by atoms with van der Waals surface area (Å²) in [6.45, 7) is 2.72. The predicted octanol–water partition coefficient (Wildman–Crippen LogP) is 1.76. The molecule has 0 aliphatic rings. The van der Waals surface area contributed by atoms with E-state index >= 15 is 0 Å². The Labute approximate surface area is 82.1 Å². The maximum Gasteiger partial charge on any atom is 0.181 e. The maximum absolute atomic E-state index is 5.81. The number of nitrogen functional groups attached to an aromatic ring is 1. The molecule has 13 heavy (non-hydrogen) atoms. The van der Waals surface area contributed by atoms with Crippen LogP contribution >= 0.6 is 11.6 Å². The highest BCUT2D eigenvalue weighted by molar-refractivity contribution is 6.31. The Hall–Kier alpha value is -1.16. The molecule has 0 unspecified atom stereocenters. The molecular weight excluding hydrogens is 190 g/mol. The van der Waals surface area contributed by atoms with Crippen molar-refractivity contribution >= 4 is 23.0 Å². The molecule has 1 aromatic rings. The highest BCUT2D eigenvalue weighted by Gasteiger charge is 2.11. The van der Waals surface area contributed by atoms with Gasteiger partial charge >= 0.3 is 0 Å². The second-order valence-corrected chi connectivity index (χ2v) is 2.80. The second kappa shape index (κ2) is 4.18. The molecule has 3 N–H and O–H groups in total. The monoisotopic (exact) mass is 201 g/mol. The first kappa shape index (κ1) is 9.92. The second-order valence-electron chi connectivity index (χ2n) is 2.44. The summed E-state index contributed by atoms with van der Waals surface area (Å²) in [5.74, 6) is 0.489. The standard InChI is InChI=1S/C8H12ClN3O/c1-3-11-6-5(10)4-12-8(9)7(6)13-2/h4H,3,10H2,1-2H3,(H,11,12). The van der Waals surface area contributed by atoms with Crippen molar-refractivity contribution in [1.29, 1.82) is 0 Å². The number of hydrogen-bond donors (Lipinski definition) is 2. The lowest BCUT2D eigenvalue weighted by molar-refractivity contribution is 0.415. The third-order valence-electron chi connectivity index (χ3n) is 1.58. The van der Waals surface area contributed by atoms with Crippen molar-refractivity contribution in [2.45, 2.75) is 6.92 Å². The Bertz CT molecular complexity index is 304. The summed E-state index contributed by atoms with van der Waals surface area (Å²) in [6.07, 6.45) is 1.50. The highest BCUT2D eigenvalue weighted by atomic mass is 35.5. The van der Waals surface area contributed by atoms with Gasteiger partial charge in [-0.25, -0.2) is 4.98 Å². The molecule has 0 aromatic carbocycles. The van der Waals surface area contributed by atoms with Crippen molar-refractivity contribution in [3.63, 3.8) is 0 Å². The topological polar surface area (TPSA) is 60.2 Å². The van der Waals surface area contributed by atoms with Crippen LogP contribution < -0.4 is 15.8 Å². The Morgan fingerprint density at radius 1 is 1.69 bits per heavy atom. The van der Waals surface area contributed by atoms with Crippen LogP contribution in [-0.2, 0) is 0 Å². The SMILES string of the molecule is CCNc1c(N)cnc(Cl)c1OC. The van der Waals surface area contributed by atoms with E-state index in [0.717, 1.165) is 6.54 Å². The molecule has 72 valence electrons. The fourth-order valence-electron chi connectivity index (χ4n) is 1.03. The summed E-state index contributed by atoms with van der Waals surface area (Å²) in [4.78, 5) is 3.87. The molecule has 0 aliphatic carbocycles. The Balaban J connectivity index is 3.18. The summed E-state index contributed by atoms with van der Waals surface area (Å²) >= 11 is 5.81. The van der Waals surface area contributed by atoms with E-state index in [-0.39, 0.29) is 0 Å². The highest BCUT2D eigenvalue weighted by Crippen LogP contribution is 2.35. The van der Waals surface area contributed by atoms with E-state index in [1.165, 1.54) is 13.3 Å². The van der Waals surface area contributed by atoms with Gasteiger partial charge in [-0.3, -0.25) is 0 Å². The molecule has 0 atom stereocenters. The summed E-state index contributed by atoms with van der Waals surface area (Å²) in [5, 5.41) is 3.37. The Morgan fingerprint density at radius 2 is 2.38 bits per heavy atom. The largest absolute Gasteiger partial charge is 0.491 e. The molecule has 0 radical (unpaired) electrons. The number of anilines is 2. The number of nitrogens with zero attached hydrogens (tertiary/aromatic N) is 1. The van der Waals surface area contributed by atoms with E-state index < -0.39 is 0 Å². The molecule has 0 saturated carbocycles. The number of pyridine rings is 1. The van der Waals surface area contributed by atoms with Crippen LogP contribution in [0.4, 0.5) is 11.4 Å². The number of ether oxygens (including phenoxy) is 1. The van der Waals surface area contributed by atoms with Gasteiger partial charge in [-0.1, -0.05) is 11.6 Å². The first-order valence-corrected chi connectivity index (χ1v) is 4.30. The minimum absolute atomic E-state index is 0.313. The quantitative estimate of drug-likeness (QED) is 0.732. The van der Waals surface area contributed by atoms with E-state index in [1.807, 2.05) is 6.92 Å². The van der Waals surface area contributed by atoms with Gasteiger partial charge in [0.25, 0.3) is 0 Å². The van der Waals surface area contributed by atoms with Crippen molar-refractivity contribution in [3.05, 3.63) is 11.3 Å². The molecule has 4 nitrogen and oxygen atoms in total. The lowest BCUT2D eigenvalue weighted by atomic mass is 10.3. The minimum Gasteiger partial charge on any atom is -0.491 e. The summed E-state index contributed by atoms with van der Waals surface area (Å²) in [7, 11) is 1.53. The van der Waals surface area contributed by atoms with Crippen LogP contribution in [0, 0.1) is 0 Å². The fraction of sp³-hybridized carbons (Fsp3) is 0.375. The lowest BCUT2D eigenvalue weighted by Crippen LogP contribution is -2.04. The number of nitrogens with one attached hydrogen (secondary N) is 1. The first-order chi connectivity index (χ1) is 6.20. The molecule has 0 saturated heterocycles. The summed E-state index contributed by atoms with van der Waals surface area (Å²) in [6, 6.07) is 0. The third kappa shape index (κ3) is 1.95. The van der Waals surface area contributed by atoms with Crippen molar-refractivity contribution in [2.24, 2.45) is 0 Å². The van der Waals surface area contributed by atoms with Gasteiger partial charge < -0.3 is 15.8 Å². The van der Waals surface area contributed by atoms with Crippen LogP contribution in [0.1, 0.15) is 6.92 Å². The molecule has 1 aromatic heterocycles. The minimum atomic E-state index is 0.313. The van der Waals surface area contributed by atoms with Crippen LogP contribution in [0.15, 0.2) is 6.20 Å². The molecule has 0 amide bonds. The number of halogens is 1. The zero-order valence-corrected chi connectivity index (χ0v) is 8.35. The lowest BCUT2D eigenvalue weighted by Gasteiger charge is -2.12. The van der Waals surface area contributed by atoms with Gasteiger partial charge in [-0.15, -0.1) is 0 Å². The van der Waals surface area contributed by atoms with Crippen molar-refractivity contribution in [1.82, 2.24) is 4.98 Å². The smallest absolute Gasteiger partial charge is 0.181 e. The van der Waals surface area contributed by atoms with Crippen LogP contribution in [-0.4, -0.2) is 18.6 Å². The van der Waals surface area contributed by atoms with E-state index in [9.17, 15) is 0 Å². The number of methoxy groups -OCH3 is 1. The van der Waals surface area contributed by atoms with Crippen molar-refractivity contribution < 1.29 is 4.74 Å². The molecule has 0 fully saturated rings. The normalized spacial score (nSPS) is 9.77. The van der Waals surface area contributed by atoms with Crippen molar-refractivity contribution in [3.8, 4) is 5.75 Å². The molecule has 0 bridgehead atoms. The Kier molecular flexibility index (Phi) is 3.19. The van der Waals surface area contributed by atoms with Gasteiger partial charge in [0, 0.05) is 6.54 Å². The average molecular weight is 202 g/mol. The van der Waals surface area contributed by atoms with Gasteiger partial charge in [0.05, 0.1) is 19.0 Å². The first-order valence-electron chi connectivity index (χ1n) is 3.92. The van der Waals surface area contributed by atoms with E-state index in [1.54, 1.807) is 0 Å². The molecule has 0 spiro atoms. The number of aromatic nitrogens is 1. The van der Waals surface area contributed by atoms with E-state index in [0.29, 0.717) is 22.3 Å². The molecule has 0 aliphatic heterocycles. The van der Waals surface area contributed by atoms with E-state index in [4.69, 9.17) is 22.1 Å². The molecular formula is C8H12ClN3O. The summed E-state index contributed by atoms with van der Waals surface area (Å²) in [5.41, 5.74) is 6.92. The average Bonchev–Trinajstić information content (AvgIpc) is 2.12. The van der Waals surface area contributed by atoms with Gasteiger partial charge in [0.15, 0.2) is 10.9 Å². The molecule has 5 heteroatoms. The molecule has 1 heterocycles. The van der Waals surface area contributed by atoms with E-state index in [2.05, 4.69) is 10.3 Å². The number of rotatable bonds is 3. The number of hydrogen-bond acceptors (Lipinski definition) is 4. The maximum atomic E-state index is 5.81. The van der Waals surface area contributed by atoms with Crippen LogP contribution in [0.2, 0.25) is 5.15 Å². The van der Waals surface area contributed by atoms with Crippen molar-refractivity contribution in [2.75, 3.05) is 24.7 Å². The zero-order chi connectivity index (χ0) is 9.84. The fourth-order valence-corrected chi connectivity index (χ4v) is 1.25. The van der Waals surface area contributed by atoms with Gasteiger partial charge in [0.2, 0.25) is 0 Å². The third-order valence-corrected chi connectivity index (χ3v) is 1.85. The zero-order valence-electron chi connectivity index (χ0n) is 7.60. The van der Waals surface area contributed by atoms with Gasteiger partial charge in [-0.05, 0) is 6.92 Å². The van der Waals surface area contributed by atoms with Crippen LogP contribution in [0.25, 0.3) is 0 Å². The Morgan fingerprint density at radius 3 is 2.92 bits per heavy atom.